The number of hydrogen-bond donors (Lipinski definition) is 1. The summed E-state index contributed by atoms with van der Waals surface area (Å²) >= 11 is 0. The lowest BCUT2D eigenvalue weighted by molar-refractivity contribution is -0.132. The van der Waals surface area contributed by atoms with E-state index >= 15 is 0 Å². The fourth-order valence-corrected chi connectivity index (χ4v) is 0.645. The molecule has 11 heavy (non-hydrogen) atoms. The van der Waals surface area contributed by atoms with Crippen molar-refractivity contribution in [3.05, 3.63) is 0 Å². The van der Waals surface area contributed by atoms with Gasteiger partial charge in [-0.1, -0.05) is 0 Å². The van der Waals surface area contributed by atoms with Crippen LogP contribution in [0.1, 0.15) is 6.92 Å². The van der Waals surface area contributed by atoms with Gasteiger partial charge in [-0.2, -0.15) is 0 Å². The van der Waals surface area contributed by atoms with E-state index in [1.807, 2.05) is 0 Å². The first-order chi connectivity index (χ1) is 4.95. The number of nitrogens with zero attached hydrogens (tertiary/aromatic N) is 1. The summed E-state index contributed by atoms with van der Waals surface area (Å²) in [5, 5.41) is 0. The van der Waals surface area contributed by atoms with Gasteiger partial charge in [0, 0.05) is 7.05 Å². The number of amides is 1. The average Bonchev–Trinajstić information content (AvgIpc) is 1.84. The Hall–Kier alpha value is -0.710. The summed E-state index contributed by atoms with van der Waals surface area (Å²) in [5.41, 5.74) is 5.18. The van der Waals surface area contributed by atoms with Gasteiger partial charge < -0.3 is 10.6 Å². The van der Waals surface area contributed by atoms with Crippen LogP contribution in [0.15, 0.2) is 0 Å². The molecule has 0 aromatic rings. The molecule has 0 rings (SSSR count). The van der Waals surface area contributed by atoms with Crippen LogP contribution in [0.3, 0.4) is 0 Å². The lowest BCUT2D eigenvalue weighted by Crippen LogP contribution is -2.41. The molecule has 0 aliphatic rings. The van der Waals surface area contributed by atoms with Gasteiger partial charge in [0.1, 0.15) is 0 Å². The van der Waals surface area contributed by atoms with Gasteiger partial charge in [-0.15, -0.1) is 0 Å². The number of hydrogen-bond acceptors (Lipinski definition) is 2. The van der Waals surface area contributed by atoms with E-state index in [2.05, 4.69) is 0 Å². The molecule has 3 nitrogen and oxygen atoms in total. The van der Waals surface area contributed by atoms with Crippen LogP contribution in [-0.2, 0) is 4.79 Å². The second-order valence-electron chi connectivity index (χ2n) is 2.40. The lowest BCUT2D eigenvalue weighted by atomic mass is 10.3. The Bertz CT molecular complexity index is 139. The number of alkyl halides is 2. The largest absolute Gasteiger partial charge is 0.339 e. The van der Waals surface area contributed by atoms with Crippen molar-refractivity contribution in [2.24, 2.45) is 5.73 Å². The number of likely N-dealkylation sites (N-methyl/N-ethyl adjacent to an activating group) is 1. The van der Waals surface area contributed by atoms with Crippen LogP contribution in [0, 0.1) is 0 Å². The van der Waals surface area contributed by atoms with Gasteiger partial charge in [0.2, 0.25) is 5.91 Å². The Morgan fingerprint density at radius 1 is 1.64 bits per heavy atom. The zero-order chi connectivity index (χ0) is 9.02. The summed E-state index contributed by atoms with van der Waals surface area (Å²) in [4.78, 5) is 11.8. The highest BCUT2D eigenvalue weighted by atomic mass is 19.3. The Morgan fingerprint density at radius 2 is 2.09 bits per heavy atom. The third-order valence-corrected chi connectivity index (χ3v) is 1.18. The first-order valence-electron chi connectivity index (χ1n) is 3.24. The third kappa shape index (κ3) is 3.87. The molecule has 1 amide bonds. The number of halogens is 2. The molecule has 0 heterocycles. The van der Waals surface area contributed by atoms with Crippen LogP contribution in [-0.4, -0.2) is 36.9 Å². The molecule has 2 N–H and O–H groups in total. The van der Waals surface area contributed by atoms with Crippen LogP contribution in [0.2, 0.25) is 0 Å². The first kappa shape index (κ1) is 10.3. The predicted molar refractivity (Wildman–Crippen MR) is 37.3 cm³/mol. The monoisotopic (exact) mass is 166 g/mol. The second kappa shape index (κ2) is 4.23. The quantitative estimate of drug-likeness (QED) is 0.644. The number of rotatable bonds is 3. The van der Waals surface area contributed by atoms with Gasteiger partial charge >= 0.3 is 0 Å². The molecule has 0 saturated heterocycles. The maximum Gasteiger partial charge on any atom is 0.255 e. The number of carbonyl (C=O) groups excluding carboxylic acids is 1. The van der Waals surface area contributed by atoms with Gasteiger partial charge in [0.15, 0.2) is 0 Å². The Balaban J connectivity index is 3.83. The maximum atomic E-state index is 11.7. The van der Waals surface area contributed by atoms with Gasteiger partial charge in [0.25, 0.3) is 6.43 Å². The molecule has 0 bridgehead atoms. The molecule has 0 aliphatic carbocycles. The molecule has 0 radical (unpaired) electrons. The van der Waals surface area contributed by atoms with E-state index in [0.29, 0.717) is 0 Å². The standard InChI is InChI=1S/C6H12F2N2O/c1-4(9)6(11)10(2)3-5(7)8/h4-5H,3,9H2,1-2H3/t4-/m0/s1. The van der Waals surface area contributed by atoms with E-state index in [1.165, 1.54) is 14.0 Å². The molecule has 0 aromatic carbocycles. The van der Waals surface area contributed by atoms with E-state index in [4.69, 9.17) is 5.73 Å². The van der Waals surface area contributed by atoms with Gasteiger partial charge in [-0.05, 0) is 6.92 Å². The number of carbonyl (C=O) groups is 1. The Labute approximate surface area is 64.2 Å². The fourth-order valence-electron chi connectivity index (χ4n) is 0.645. The van der Waals surface area contributed by atoms with Crippen molar-refractivity contribution in [3.63, 3.8) is 0 Å². The van der Waals surface area contributed by atoms with E-state index in [-0.39, 0.29) is 0 Å². The average molecular weight is 166 g/mol. The molecule has 66 valence electrons. The maximum absolute atomic E-state index is 11.7. The van der Waals surface area contributed by atoms with E-state index in [1.54, 1.807) is 0 Å². The minimum atomic E-state index is -2.50. The molecule has 0 saturated carbocycles. The first-order valence-corrected chi connectivity index (χ1v) is 3.24. The SMILES string of the molecule is C[C@H](N)C(=O)N(C)CC(F)F. The highest BCUT2D eigenvalue weighted by molar-refractivity contribution is 5.80. The van der Waals surface area contributed by atoms with Gasteiger partial charge in [0.05, 0.1) is 12.6 Å². The molecular weight excluding hydrogens is 154 g/mol. The van der Waals surface area contributed by atoms with Crippen molar-refractivity contribution in [3.8, 4) is 0 Å². The molecule has 5 heteroatoms. The summed E-state index contributed by atoms with van der Waals surface area (Å²) in [6.45, 7) is 0.907. The van der Waals surface area contributed by atoms with Crippen LogP contribution < -0.4 is 5.73 Å². The molecule has 0 aliphatic heterocycles. The molecule has 0 spiro atoms. The molecule has 0 unspecified atom stereocenters. The third-order valence-electron chi connectivity index (χ3n) is 1.18. The second-order valence-corrected chi connectivity index (χ2v) is 2.40. The highest BCUT2D eigenvalue weighted by Gasteiger charge is 2.16. The van der Waals surface area contributed by atoms with Crippen LogP contribution >= 0.6 is 0 Å². The smallest absolute Gasteiger partial charge is 0.255 e. The topological polar surface area (TPSA) is 46.3 Å². The van der Waals surface area contributed by atoms with Gasteiger partial charge in [-0.3, -0.25) is 4.79 Å². The molecule has 0 aromatic heterocycles. The Morgan fingerprint density at radius 3 is 2.36 bits per heavy atom. The molecular formula is C6H12F2N2O. The normalized spacial score (nSPS) is 13.3. The van der Waals surface area contributed by atoms with Crippen molar-refractivity contribution < 1.29 is 13.6 Å². The summed E-state index contributed by atoms with van der Waals surface area (Å²) in [6.07, 6.45) is -2.50. The van der Waals surface area contributed by atoms with Gasteiger partial charge in [-0.25, -0.2) is 8.78 Å². The summed E-state index contributed by atoms with van der Waals surface area (Å²) in [7, 11) is 1.30. The van der Waals surface area contributed by atoms with Crippen molar-refractivity contribution in [1.82, 2.24) is 4.90 Å². The van der Waals surface area contributed by atoms with Crippen LogP contribution in [0.5, 0.6) is 0 Å². The Kier molecular flexibility index (Phi) is 3.95. The van der Waals surface area contributed by atoms with Crippen LogP contribution in [0.25, 0.3) is 0 Å². The fraction of sp³-hybridized carbons (Fsp3) is 0.833. The van der Waals surface area contributed by atoms with Crippen LogP contribution in [0.4, 0.5) is 8.78 Å². The van der Waals surface area contributed by atoms with Crippen molar-refractivity contribution >= 4 is 5.91 Å². The summed E-state index contributed by atoms with van der Waals surface area (Å²) < 4.78 is 23.3. The van der Waals surface area contributed by atoms with E-state index in [9.17, 15) is 13.6 Å². The highest BCUT2D eigenvalue weighted by Crippen LogP contribution is 1.97. The van der Waals surface area contributed by atoms with E-state index in [0.717, 1.165) is 4.90 Å². The molecule has 1 atom stereocenters. The molecule has 0 fully saturated rings. The summed E-state index contributed by atoms with van der Waals surface area (Å²) in [5.74, 6) is -0.467. The minimum Gasteiger partial charge on any atom is -0.339 e. The number of nitrogens with two attached hydrogens (primary N) is 1. The predicted octanol–water partition coefficient (Wildman–Crippen LogP) is 0.0571. The van der Waals surface area contributed by atoms with Crippen molar-refractivity contribution in [2.75, 3.05) is 13.6 Å². The summed E-state index contributed by atoms with van der Waals surface area (Å²) in [6, 6.07) is -0.709. The lowest BCUT2D eigenvalue weighted by Gasteiger charge is -2.18. The zero-order valence-electron chi connectivity index (χ0n) is 6.55. The zero-order valence-corrected chi connectivity index (χ0v) is 6.55. The van der Waals surface area contributed by atoms with Crippen molar-refractivity contribution in [1.29, 1.82) is 0 Å². The van der Waals surface area contributed by atoms with Crippen molar-refractivity contribution in [2.45, 2.75) is 19.4 Å². The minimum absolute atomic E-state index is 0.467. The van der Waals surface area contributed by atoms with E-state index < -0.39 is 24.9 Å².